The molecule has 4 rings (SSSR count). The van der Waals surface area contributed by atoms with Crippen LogP contribution in [0, 0.1) is 11.8 Å². The van der Waals surface area contributed by atoms with Gasteiger partial charge < -0.3 is 14.2 Å². The predicted octanol–water partition coefficient (Wildman–Crippen LogP) is 2.40. The number of hydrogen-bond acceptors (Lipinski definition) is 3. The first-order valence-corrected chi connectivity index (χ1v) is 9.95. The Labute approximate surface area is 150 Å². The van der Waals surface area contributed by atoms with Crippen molar-refractivity contribution < 1.29 is 9.53 Å². The van der Waals surface area contributed by atoms with E-state index in [4.69, 9.17) is 4.74 Å². The lowest BCUT2D eigenvalue weighted by Crippen LogP contribution is -2.47. The van der Waals surface area contributed by atoms with E-state index in [1.807, 2.05) is 0 Å². The average molecular weight is 345 g/mol. The number of carbonyl (C=O) groups excluding carboxylic acids is 1. The van der Waals surface area contributed by atoms with Crippen molar-refractivity contribution in [1.82, 2.24) is 14.4 Å². The summed E-state index contributed by atoms with van der Waals surface area (Å²) in [6.07, 6.45) is 8.64. The molecule has 1 aromatic rings. The van der Waals surface area contributed by atoms with Gasteiger partial charge in [0.15, 0.2) is 0 Å². The van der Waals surface area contributed by atoms with Crippen molar-refractivity contribution in [2.75, 3.05) is 39.4 Å². The number of likely N-dealkylation sites (tertiary alicyclic amines) is 1. The Bertz CT molecular complexity index is 560. The zero-order chi connectivity index (χ0) is 17.2. The summed E-state index contributed by atoms with van der Waals surface area (Å²) in [6.45, 7) is 7.84. The number of nitrogens with zero attached hydrogens (tertiary/aromatic N) is 3. The fourth-order valence-corrected chi connectivity index (χ4v) is 4.98. The average Bonchev–Trinajstić information content (AvgIpc) is 3.32. The molecule has 5 heteroatoms. The number of ether oxygens (including phenoxy) is 1. The van der Waals surface area contributed by atoms with Gasteiger partial charge in [-0.3, -0.25) is 9.69 Å². The van der Waals surface area contributed by atoms with Crippen LogP contribution in [0.2, 0.25) is 0 Å². The molecule has 0 N–H and O–H groups in total. The molecule has 1 amide bonds. The van der Waals surface area contributed by atoms with E-state index in [2.05, 4.69) is 45.8 Å². The molecule has 5 nitrogen and oxygen atoms in total. The summed E-state index contributed by atoms with van der Waals surface area (Å²) >= 11 is 0. The molecule has 0 unspecified atom stereocenters. The number of rotatable bonds is 3. The predicted molar refractivity (Wildman–Crippen MR) is 97.4 cm³/mol. The van der Waals surface area contributed by atoms with Gasteiger partial charge in [0, 0.05) is 56.6 Å². The molecule has 2 atom stereocenters. The quantitative estimate of drug-likeness (QED) is 0.844. The fraction of sp³-hybridized carbons (Fsp3) is 0.750. The number of hydrogen-bond donors (Lipinski definition) is 0. The molecule has 0 aromatic carbocycles. The van der Waals surface area contributed by atoms with Gasteiger partial charge in [-0.1, -0.05) is 6.92 Å². The first-order chi connectivity index (χ1) is 12.2. The van der Waals surface area contributed by atoms with Crippen LogP contribution in [0.4, 0.5) is 0 Å². The smallest absolute Gasteiger partial charge is 0.225 e. The Morgan fingerprint density at radius 2 is 1.68 bits per heavy atom. The van der Waals surface area contributed by atoms with Gasteiger partial charge in [0.2, 0.25) is 5.91 Å². The van der Waals surface area contributed by atoms with Gasteiger partial charge in [-0.15, -0.1) is 0 Å². The van der Waals surface area contributed by atoms with Crippen molar-refractivity contribution in [3.63, 3.8) is 0 Å². The molecular formula is C20H31N3O2. The highest BCUT2D eigenvalue weighted by Gasteiger charge is 2.39. The number of carbonyl (C=O) groups is 1. The van der Waals surface area contributed by atoms with Crippen molar-refractivity contribution in [3.8, 4) is 0 Å². The van der Waals surface area contributed by atoms with Crippen molar-refractivity contribution in [2.45, 2.75) is 44.7 Å². The van der Waals surface area contributed by atoms with Crippen molar-refractivity contribution in [3.05, 3.63) is 24.5 Å². The molecule has 0 radical (unpaired) electrons. The fourth-order valence-electron chi connectivity index (χ4n) is 4.98. The van der Waals surface area contributed by atoms with Crippen molar-refractivity contribution >= 4 is 5.91 Å². The summed E-state index contributed by atoms with van der Waals surface area (Å²) in [7, 11) is 0. The largest absolute Gasteiger partial charge is 0.379 e. The minimum Gasteiger partial charge on any atom is -0.379 e. The van der Waals surface area contributed by atoms with E-state index in [1.165, 1.54) is 0 Å². The highest BCUT2D eigenvalue weighted by atomic mass is 16.5. The Kier molecular flexibility index (Phi) is 5.13. The van der Waals surface area contributed by atoms with Gasteiger partial charge in [0.05, 0.1) is 13.2 Å². The topological polar surface area (TPSA) is 37.7 Å². The summed E-state index contributed by atoms with van der Waals surface area (Å²) in [6, 6.07) is 5.28. The second-order valence-electron chi connectivity index (χ2n) is 8.07. The van der Waals surface area contributed by atoms with Crippen LogP contribution in [0.25, 0.3) is 0 Å². The highest BCUT2D eigenvalue weighted by molar-refractivity contribution is 5.79. The van der Waals surface area contributed by atoms with Gasteiger partial charge in [-0.05, 0) is 43.7 Å². The summed E-state index contributed by atoms with van der Waals surface area (Å²) in [5.74, 6) is 1.22. The highest BCUT2D eigenvalue weighted by Crippen LogP contribution is 2.34. The third-order valence-corrected chi connectivity index (χ3v) is 6.49. The Morgan fingerprint density at radius 3 is 2.36 bits per heavy atom. The molecule has 2 saturated heterocycles. The van der Waals surface area contributed by atoms with Gasteiger partial charge >= 0.3 is 0 Å². The first kappa shape index (κ1) is 17.1. The molecule has 138 valence electrons. The molecule has 3 fully saturated rings. The monoisotopic (exact) mass is 345 g/mol. The second-order valence-corrected chi connectivity index (χ2v) is 8.07. The first-order valence-electron chi connectivity index (χ1n) is 9.95. The third-order valence-electron chi connectivity index (χ3n) is 6.49. The van der Waals surface area contributed by atoms with Crippen LogP contribution in [0.15, 0.2) is 24.5 Å². The lowest BCUT2D eigenvalue weighted by molar-refractivity contribution is -0.136. The summed E-state index contributed by atoms with van der Waals surface area (Å²) < 4.78 is 7.79. The van der Waals surface area contributed by atoms with E-state index in [-0.39, 0.29) is 5.92 Å². The maximum Gasteiger partial charge on any atom is 0.225 e. The van der Waals surface area contributed by atoms with Gasteiger partial charge in [-0.25, -0.2) is 0 Å². The zero-order valence-corrected chi connectivity index (χ0v) is 15.3. The van der Waals surface area contributed by atoms with Gasteiger partial charge in [0.1, 0.15) is 0 Å². The maximum atomic E-state index is 13.0. The third kappa shape index (κ3) is 3.63. The van der Waals surface area contributed by atoms with Crippen LogP contribution in [0.5, 0.6) is 0 Å². The molecule has 1 aliphatic carbocycles. The number of amides is 1. The summed E-state index contributed by atoms with van der Waals surface area (Å²) in [5.41, 5.74) is 0. The summed E-state index contributed by atoms with van der Waals surface area (Å²) in [5, 5.41) is 0. The van der Waals surface area contributed by atoms with Crippen molar-refractivity contribution in [1.29, 1.82) is 0 Å². The van der Waals surface area contributed by atoms with Gasteiger partial charge in [-0.2, -0.15) is 0 Å². The van der Waals surface area contributed by atoms with E-state index in [0.717, 1.165) is 65.1 Å². The van der Waals surface area contributed by atoms with E-state index in [9.17, 15) is 4.79 Å². The lowest BCUT2D eigenvalue weighted by atomic mass is 9.85. The van der Waals surface area contributed by atoms with E-state index in [1.54, 1.807) is 0 Å². The van der Waals surface area contributed by atoms with E-state index < -0.39 is 0 Å². The minimum atomic E-state index is 0.238. The van der Waals surface area contributed by atoms with E-state index in [0.29, 0.717) is 23.9 Å². The molecule has 25 heavy (non-hydrogen) atoms. The standard InChI is InChI=1S/C20H31N3O2/c1-16-14-23(15-19(16)22-10-12-25-13-11-22)20(24)17-4-6-18(7-5-17)21-8-2-3-9-21/h2-3,8-9,16-19H,4-7,10-15H2,1H3/t16-,17?,18?,19+/m0/s1. The second kappa shape index (κ2) is 7.50. The Hall–Kier alpha value is -1.33. The van der Waals surface area contributed by atoms with Crippen LogP contribution in [-0.2, 0) is 9.53 Å². The zero-order valence-electron chi connectivity index (χ0n) is 15.3. The lowest BCUT2D eigenvalue weighted by Gasteiger charge is -2.34. The molecule has 2 aliphatic heterocycles. The normalized spacial score (nSPS) is 34.4. The van der Waals surface area contributed by atoms with E-state index >= 15 is 0 Å². The van der Waals surface area contributed by atoms with Crippen LogP contribution in [0.3, 0.4) is 0 Å². The van der Waals surface area contributed by atoms with Crippen LogP contribution < -0.4 is 0 Å². The maximum absolute atomic E-state index is 13.0. The summed E-state index contributed by atoms with van der Waals surface area (Å²) in [4.78, 5) is 17.7. The molecule has 3 heterocycles. The van der Waals surface area contributed by atoms with Crippen LogP contribution in [0.1, 0.15) is 38.6 Å². The molecule has 0 spiro atoms. The SMILES string of the molecule is C[C@H]1CN(C(=O)C2CCC(n3cccc3)CC2)C[C@H]1N1CCOCC1. The molecular weight excluding hydrogens is 314 g/mol. The number of aromatic nitrogens is 1. The number of morpholine rings is 1. The van der Waals surface area contributed by atoms with Crippen LogP contribution in [-0.4, -0.2) is 65.7 Å². The Balaban J connectivity index is 1.31. The molecule has 1 saturated carbocycles. The molecule has 0 bridgehead atoms. The Morgan fingerprint density at radius 1 is 1.00 bits per heavy atom. The van der Waals surface area contributed by atoms with Crippen molar-refractivity contribution in [2.24, 2.45) is 11.8 Å². The molecule has 3 aliphatic rings. The van der Waals surface area contributed by atoms with Gasteiger partial charge in [0.25, 0.3) is 0 Å². The molecule has 1 aromatic heterocycles. The van der Waals surface area contributed by atoms with Crippen LogP contribution >= 0.6 is 0 Å². The minimum absolute atomic E-state index is 0.238.